The van der Waals surface area contributed by atoms with Crippen molar-refractivity contribution in [3.05, 3.63) is 15.6 Å². The molecule has 114 valence electrons. The molecule has 0 radical (unpaired) electrons. The average Bonchev–Trinajstić information content (AvgIpc) is 3.05. The van der Waals surface area contributed by atoms with Crippen LogP contribution in [0.15, 0.2) is 0 Å². The average molecular weight is 336 g/mol. The fourth-order valence-corrected chi connectivity index (χ4v) is 4.96. The van der Waals surface area contributed by atoms with Crippen molar-refractivity contribution in [2.24, 2.45) is 5.92 Å². The van der Waals surface area contributed by atoms with E-state index in [1.807, 2.05) is 11.3 Å². The molecule has 3 heterocycles. The Kier molecular flexibility index (Phi) is 5.71. The summed E-state index contributed by atoms with van der Waals surface area (Å²) in [5.74, 6) is 0.902. The second kappa shape index (κ2) is 6.93. The summed E-state index contributed by atoms with van der Waals surface area (Å²) >= 11 is 1.98. The number of nitrogens with zero attached hydrogens (tertiary/aromatic N) is 2. The van der Waals surface area contributed by atoms with Crippen LogP contribution in [0.2, 0.25) is 0 Å². The highest BCUT2D eigenvalue weighted by Crippen LogP contribution is 2.31. The van der Waals surface area contributed by atoms with E-state index in [9.17, 15) is 0 Å². The van der Waals surface area contributed by atoms with Crippen LogP contribution in [0, 0.1) is 5.92 Å². The first-order valence-electron chi connectivity index (χ1n) is 7.32. The first kappa shape index (κ1) is 16.5. The zero-order chi connectivity index (χ0) is 11.9. The highest BCUT2D eigenvalue weighted by atomic mass is 35.5. The van der Waals surface area contributed by atoms with E-state index in [2.05, 4.69) is 10.2 Å². The standard InChI is InChI=1S/C14H21N3S.2ClH/c1-2-4-13-11(3-1)16-14(18-13)9-17-6-5-10-7-15-8-12(10)17;;/h10,12,15H,1-9H2;2*1H/t10-,12+;;/m0../s1. The summed E-state index contributed by atoms with van der Waals surface area (Å²) in [7, 11) is 0. The van der Waals surface area contributed by atoms with Gasteiger partial charge >= 0.3 is 0 Å². The Morgan fingerprint density at radius 2 is 2.05 bits per heavy atom. The van der Waals surface area contributed by atoms with Crippen LogP contribution in [-0.2, 0) is 19.4 Å². The van der Waals surface area contributed by atoms with Crippen molar-refractivity contribution in [2.75, 3.05) is 19.6 Å². The van der Waals surface area contributed by atoms with Crippen LogP contribution in [0.1, 0.15) is 34.8 Å². The van der Waals surface area contributed by atoms with Crippen LogP contribution in [0.25, 0.3) is 0 Å². The van der Waals surface area contributed by atoms with Gasteiger partial charge in [0.1, 0.15) is 5.01 Å². The van der Waals surface area contributed by atoms with Crippen LogP contribution in [0.3, 0.4) is 0 Å². The van der Waals surface area contributed by atoms with Gasteiger partial charge in [0, 0.05) is 17.5 Å². The number of hydrogen-bond donors (Lipinski definition) is 1. The van der Waals surface area contributed by atoms with Gasteiger partial charge in [-0.15, -0.1) is 36.2 Å². The van der Waals surface area contributed by atoms with E-state index >= 15 is 0 Å². The van der Waals surface area contributed by atoms with Gasteiger partial charge in [-0.2, -0.15) is 0 Å². The van der Waals surface area contributed by atoms with Gasteiger partial charge in [-0.25, -0.2) is 4.98 Å². The van der Waals surface area contributed by atoms with Crippen molar-refractivity contribution in [2.45, 2.75) is 44.7 Å². The van der Waals surface area contributed by atoms with Crippen molar-refractivity contribution in [3.63, 3.8) is 0 Å². The lowest BCUT2D eigenvalue weighted by atomic mass is 10.0. The van der Waals surface area contributed by atoms with Crippen molar-refractivity contribution < 1.29 is 0 Å². The van der Waals surface area contributed by atoms with E-state index in [1.165, 1.54) is 62.4 Å². The number of hydrogen-bond acceptors (Lipinski definition) is 4. The minimum absolute atomic E-state index is 0. The maximum atomic E-state index is 4.88. The first-order valence-corrected chi connectivity index (χ1v) is 8.14. The van der Waals surface area contributed by atoms with Crippen molar-refractivity contribution >= 4 is 36.2 Å². The van der Waals surface area contributed by atoms with Crippen LogP contribution in [0.5, 0.6) is 0 Å². The molecule has 0 aromatic carbocycles. The van der Waals surface area contributed by atoms with E-state index in [1.54, 1.807) is 4.88 Å². The van der Waals surface area contributed by atoms with Crippen molar-refractivity contribution in [3.8, 4) is 0 Å². The van der Waals surface area contributed by atoms with E-state index in [-0.39, 0.29) is 24.8 Å². The van der Waals surface area contributed by atoms with Gasteiger partial charge in [-0.1, -0.05) is 0 Å². The molecule has 1 aromatic heterocycles. The Hall–Kier alpha value is 0.130. The minimum atomic E-state index is 0. The lowest BCUT2D eigenvalue weighted by Gasteiger charge is -2.21. The van der Waals surface area contributed by atoms with Gasteiger partial charge in [0.15, 0.2) is 0 Å². The highest BCUT2D eigenvalue weighted by molar-refractivity contribution is 7.11. The van der Waals surface area contributed by atoms with Crippen LogP contribution < -0.4 is 5.32 Å². The number of rotatable bonds is 2. The maximum absolute atomic E-state index is 4.88. The van der Waals surface area contributed by atoms with Gasteiger partial charge in [0.25, 0.3) is 0 Å². The molecule has 6 heteroatoms. The van der Waals surface area contributed by atoms with Crippen LogP contribution in [0.4, 0.5) is 0 Å². The Labute approximate surface area is 137 Å². The Balaban J connectivity index is 0.000000735. The lowest BCUT2D eigenvalue weighted by Crippen LogP contribution is -2.33. The molecule has 1 aliphatic carbocycles. The smallest absolute Gasteiger partial charge is 0.107 e. The molecule has 20 heavy (non-hydrogen) atoms. The lowest BCUT2D eigenvalue weighted by molar-refractivity contribution is 0.243. The number of likely N-dealkylation sites (tertiary alicyclic amines) is 1. The zero-order valence-electron chi connectivity index (χ0n) is 11.6. The van der Waals surface area contributed by atoms with Gasteiger partial charge in [-0.3, -0.25) is 4.90 Å². The van der Waals surface area contributed by atoms with Crippen molar-refractivity contribution in [1.82, 2.24) is 15.2 Å². The molecule has 1 N–H and O–H groups in total. The predicted molar refractivity (Wildman–Crippen MR) is 88.4 cm³/mol. The largest absolute Gasteiger partial charge is 0.315 e. The Morgan fingerprint density at radius 1 is 1.20 bits per heavy atom. The zero-order valence-corrected chi connectivity index (χ0v) is 14.1. The predicted octanol–water partition coefficient (Wildman–Crippen LogP) is 2.66. The van der Waals surface area contributed by atoms with Gasteiger partial charge in [0.2, 0.25) is 0 Å². The SMILES string of the molecule is C1CCc2sc(CN3CC[C@H]4CNC[C@H]43)nc2C1.Cl.Cl. The van der Waals surface area contributed by atoms with Crippen LogP contribution in [-0.4, -0.2) is 35.6 Å². The first-order chi connectivity index (χ1) is 8.90. The molecule has 1 aromatic rings. The summed E-state index contributed by atoms with van der Waals surface area (Å²) in [6.45, 7) is 4.80. The molecule has 3 nitrogen and oxygen atoms in total. The molecule has 3 aliphatic rings. The molecular formula is C14H23Cl2N3S. The molecule has 0 unspecified atom stereocenters. The number of aromatic nitrogens is 1. The molecule has 0 spiro atoms. The Bertz CT molecular complexity index is 428. The monoisotopic (exact) mass is 335 g/mol. The van der Waals surface area contributed by atoms with Gasteiger partial charge in [-0.05, 0) is 51.1 Å². The molecule has 0 bridgehead atoms. The number of nitrogens with one attached hydrogen (secondary N) is 1. The van der Waals surface area contributed by atoms with Crippen molar-refractivity contribution in [1.29, 1.82) is 0 Å². The Morgan fingerprint density at radius 3 is 2.90 bits per heavy atom. The second-order valence-electron chi connectivity index (χ2n) is 5.93. The highest BCUT2D eigenvalue weighted by Gasteiger charge is 2.37. The third kappa shape index (κ3) is 3.00. The van der Waals surface area contributed by atoms with Gasteiger partial charge < -0.3 is 5.32 Å². The van der Waals surface area contributed by atoms with E-state index in [0.29, 0.717) is 0 Å². The van der Waals surface area contributed by atoms with E-state index < -0.39 is 0 Å². The number of thiazole rings is 1. The summed E-state index contributed by atoms with van der Waals surface area (Å²) < 4.78 is 0. The minimum Gasteiger partial charge on any atom is -0.315 e. The number of halogens is 2. The normalized spacial score (nSPS) is 28.4. The van der Waals surface area contributed by atoms with E-state index in [0.717, 1.165) is 18.5 Å². The fraction of sp³-hybridized carbons (Fsp3) is 0.786. The molecule has 2 fully saturated rings. The molecule has 0 amide bonds. The summed E-state index contributed by atoms with van der Waals surface area (Å²) in [5, 5.41) is 4.90. The molecule has 2 atom stereocenters. The van der Waals surface area contributed by atoms with E-state index in [4.69, 9.17) is 4.98 Å². The maximum Gasteiger partial charge on any atom is 0.107 e. The molecule has 2 saturated heterocycles. The summed E-state index contributed by atoms with van der Waals surface area (Å²) in [5.41, 5.74) is 1.42. The number of fused-ring (bicyclic) bond motifs is 2. The van der Waals surface area contributed by atoms with Gasteiger partial charge in [0.05, 0.1) is 12.2 Å². The molecule has 4 rings (SSSR count). The molecular weight excluding hydrogens is 313 g/mol. The number of aryl methyl sites for hydroxylation is 2. The second-order valence-corrected chi connectivity index (χ2v) is 7.10. The van der Waals surface area contributed by atoms with Crippen LogP contribution >= 0.6 is 36.2 Å². The molecule has 2 aliphatic heterocycles. The third-order valence-corrected chi connectivity index (χ3v) is 5.93. The summed E-state index contributed by atoms with van der Waals surface area (Å²) in [4.78, 5) is 9.13. The fourth-order valence-electron chi connectivity index (χ4n) is 3.78. The molecule has 0 saturated carbocycles. The third-order valence-electron chi connectivity index (χ3n) is 4.79. The summed E-state index contributed by atoms with van der Waals surface area (Å²) in [6.07, 6.45) is 6.59. The topological polar surface area (TPSA) is 28.2 Å². The summed E-state index contributed by atoms with van der Waals surface area (Å²) in [6, 6.07) is 0.783. The quantitative estimate of drug-likeness (QED) is 0.900.